The van der Waals surface area contributed by atoms with Crippen molar-refractivity contribution in [3.8, 4) is 11.5 Å². The number of halogens is 1. The van der Waals surface area contributed by atoms with Crippen LogP contribution in [0.2, 0.25) is 5.02 Å². The molecule has 0 bridgehead atoms. The first kappa shape index (κ1) is 19.3. The Morgan fingerprint density at radius 3 is 2.65 bits per heavy atom. The van der Waals surface area contributed by atoms with Gasteiger partial charge >= 0.3 is 0 Å². The largest absolute Gasteiger partial charge is 0.489 e. The number of amides is 1. The zero-order valence-corrected chi connectivity index (χ0v) is 16.4. The van der Waals surface area contributed by atoms with E-state index in [1.807, 2.05) is 0 Å². The Balaban J connectivity index is 1.73. The Hall–Kier alpha value is -1.47. The molecule has 1 N–H and O–H groups in total. The number of nitrogens with one attached hydrogen (secondary N) is 1. The number of carbonyl (C=O) groups excluding carboxylic acids is 1. The third-order valence-corrected chi connectivity index (χ3v) is 7.15. The Morgan fingerprint density at radius 2 is 1.92 bits per heavy atom. The molecule has 6 nitrogen and oxygen atoms in total. The van der Waals surface area contributed by atoms with E-state index in [0.29, 0.717) is 35.3 Å². The fourth-order valence-electron chi connectivity index (χ4n) is 3.28. The smallest absolute Gasteiger partial charge is 0.238 e. The summed E-state index contributed by atoms with van der Waals surface area (Å²) in [6.07, 6.45) is 4.70. The maximum Gasteiger partial charge on any atom is 0.238 e. The lowest BCUT2D eigenvalue weighted by atomic mass is 10.2. The van der Waals surface area contributed by atoms with Gasteiger partial charge in [0.2, 0.25) is 5.91 Å². The standard InChI is InChI=1S/C18H24ClNO5S/c1-12(18(21)20-14-5-2-3-6-14)26(22,23)11-13-9-15(19)17-16(10-13)24-7-4-8-25-17/h9-10,12,14H,2-8,11H2,1H3,(H,20,21)/t12-/m0/s1. The zero-order valence-electron chi connectivity index (χ0n) is 14.8. The zero-order chi connectivity index (χ0) is 18.7. The molecule has 0 aromatic heterocycles. The van der Waals surface area contributed by atoms with Crippen molar-refractivity contribution in [3.63, 3.8) is 0 Å². The summed E-state index contributed by atoms with van der Waals surface area (Å²) in [5, 5.41) is 2.06. The third-order valence-electron chi connectivity index (χ3n) is 4.84. The Bertz CT molecular complexity index is 774. The highest BCUT2D eigenvalue weighted by atomic mass is 35.5. The Morgan fingerprint density at radius 1 is 1.23 bits per heavy atom. The van der Waals surface area contributed by atoms with Crippen LogP contribution in [0, 0.1) is 0 Å². The predicted octanol–water partition coefficient (Wildman–Crippen LogP) is 2.86. The van der Waals surface area contributed by atoms with Crippen LogP contribution in [-0.4, -0.2) is 38.8 Å². The van der Waals surface area contributed by atoms with Crippen LogP contribution in [0.1, 0.15) is 44.6 Å². The number of hydrogen-bond donors (Lipinski definition) is 1. The molecule has 0 spiro atoms. The highest BCUT2D eigenvalue weighted by molar-refractivity contribution is 7.92. The van der Waals surface area contributed by atoms with Crippen LogP contribution < -0.4 is 14.8 Å². The monoisotopic (exact) mass is 401 g/mol. The molecule has 1 aromatic rings. The van der Waals surface area contributed by atoms with Gasteiger partial charge in [-0.15, -0.1) is 0 Å². The van der Waals surface area contributed by atoms with Gasteiger partial charge in [-0.1, -0.05) is 24.4 Å². The molecule has 0 radical (unpaired) electrons. The van der Waals surface area contributed by atoms with E-state index in [0.717, 1.165) is 32.1 Å². The lowest BCUT2D eigenvalue weighted by Crippen LogP contribution is -2.42. The average Bonchev–Trinajstić information content (AvgIpc) is 2.96. The second kappa shape index (κ2) is 8.05. The summed E-state index contributed by atoms with van der Waals surface area (Å²) in [6, 6.07) is 3.28. The molecule has 3 rings (SSSR count). The average molecular weight is 402 g/mol. The van der Waals surface area contributed by atoms with Crippen molar-refractivity contribution in [3.05, 3.63) is 22.7 Å². The van der Waals surface area contributed by atoms with Gasteiger partial charge in [0.05, 0.1) is 24.0 Å². The van der Waals surface area contributed by atoms with Crippen molar-refractivity contribution in [2.75, 3.05) is 13.2 Å². The van der Waals surface area contributed by atoms with Crippen LogP contribution >= 0.6 is 11.6 Å². The molecular weight excluding hydrogens is 378 g/mol. The van der Waals surface area contributed by atoms with Crippen molar-refractivity contribution in [1.29, 1.82) is 0 Å². The lowest BCUT2D eigenvalue weighted by Gasteiger charge is -2.18. The molecule has 1 aliphatic heterocycles. The fraction of sp³-hybridized carbons (Fsp3) is 0.611. The minimum absolute atomic E-state index is 0.0904. The van der Waals surface area contributed by atoms with E-state index in [-0.39, 0.29) is 11.8 Å². The highest BCUT2D eigenvalue weighted by Crippen LogP contribution is 2.38. The highest BCUT2D eigenvalue weighted by Gasteiger charge is 2.31. The number of carbonyl (C=O) groups is 1. The first-order valence-electron chi connectivity index (χ1n) is 8.97. The Labute approximate surface area is 159 Å². The summed E-state index contributed by atoms with van der Waals surface area (Å²) in [4.78, 5) is 12.3. The van der Waals surface area contributed by atoms with E-state index in [9.17, 15) is 13.2 Å². The van der Waals surface area contributed by atoms with Crippen molar-refractivity contribution in [2.45, 2.75) is 56.1 Å². The summed E-state index contributed by atoms with van der Waals surface area (Å²) in [7, 11) is -3.67. The van der Waals surface area contributed by atoms with Crippen LogP contribution in [0.15, 0.2) is 12.1 Å². The molecule has 26 heavy (non-hydrogen) atoms. The van der Waals surface area contributed by atoms with Crippen molar-refractivity contribution in [2.24, 2.45) is 0 Å². The fourth-order valence-corrected chi connectivity index (χ4v) is 4.84. The van der Waals surface area contributed by atoms with Crippen LogP contribution in [0.3, 0.4) is 0 Å². The van der Waals surface area contributed by atoms with Gasteiger partial charge in [-0.25, -0.2) is 8.42 Å². The quantitative estimate of drug-likeness (QED) is 0.820. The number of sulfone groups is 1. The molecule has 1 aromatic carbocycles. The molecule has 1 amide bonds. The molecule has 1 heterocycles. The lowest BCUT2D eigenvalue weighted by molar-refractivity contribution is -0.121. The van der Waals surface area contributed by atoms with Gasteiger partial charge < -0.3 is 14.8 Å². The molecule has 0 saturated heterocycles. The van der Waals surface area contributed by atoms with E-state index in [2.05, 4.69) is 5.32 Å². The number of ether oxygens (including phenoxy) is 2. The van der Waals surface area contributed by atoms with Crippen molar-refractivity contribution < 1.29 is 22.7 Å². The molecule has 1 fully saturated rings. The minimum Gasteiger partial charge on any atom is -0.489 e. The normalized spacial score (nSPS) is 19.0. The molecular formula is C18H24ClNO5S. The topological polar surface area (TPSA) is 81.7 Å². The predicted molar refractivity (Wildman–Crippen MR) is 99.5 cm³/mol. The second-order valence-corrected chi connectivity index (χ2v) is 9.62. The van der Waals surface area contributed by atoms with Crippen LogP contribution in [0.25, 0.3) is 0 Å². The van der Waals surface area contributed by atoms with Crippen molar-refractivity contribution >= 4 is 27.3 Å². The third kappa shape index (κ3) is 4.43. The summed E-state index contributed by atoms with van der Waals surface area (Å²) in [5.74, 6) is 0.181. The summed E-state index contributed by atoms with van der Waals surface area (Å²) >= 11 is 6.23. The molecule has 1 atom stereocenters. The first-order valence-corrected chi connectivity index (χ1v) is 11.1. The number of hydrogen-bond acceptors (Lipinski definition) is 5. The SMILES string of the molecule is C[C@@H](C(=O)NC1CCCC1)S(=O)(=O)Cc1cc(Cl)c2c(c1)OCCCO2. The maximum absolute atomic E-state index is 12.7. The van der Waals surface area contributed by atoms with Gasteiger partial charge in [-0.05, 0) is 37.5 Å². The summed E-state index contributed by atoms with van der Waals surface area (Å²) in [6.45, 7) is 2.42. The van der Waals surface area contributed by atoms with E-state index in [1.165, 1.54) is 6.92 Å². The van der Waals surface area contributed by atoms with E-state index in [4.69, 9.17) is 21.1 Å². The molecule has 1 aliphatic carbocycles. The van der Waals surface area contributed by atoms with Gasteiger partial charge in [0.15, 0.2) is 21.3 Å². The molecule has 0 unspecified atom stereocenters. The molecule has 8 heteroatoms. The van der Waals surface area contributed by atoms with Gasteiger partial charge in [0, 0.05) is 12.5 Å². The van der Waals surface area contributed by atoms with Gasteiger partial charge in [0.1, 0.15) is 5.25 Å². The number of rotatable bonds is 5. The molecule has 1 saturated carbocycles. The number of fused-ring (bicyclic) bond motifs is 1. The summed E-state index contributed by atoms with van der Waals surface area (Å²) in [5.41, 5.74) is 0.486. The van der Waals surface area contributed by atoms with E-state index in [1.54, 1.807) is 12.1 Å². The van der Waals surface area contributed by atoms with Gasteiger partial charge in [-0.3, -0.25) is 4.79 Å². The molecule has 144 valence electrons. The van der Waals surface area contributed by atoms with Gasteiger partial charge in [-0.2, -0.15) is 0 Å². The van der Waals surface area contributed by atoms with Gasteiger partial charge in [0.25, 0.3) is 0 Å². The summed E-state index contributed by atoms with van der Waals surface area (Å²) < 4.78 is 36.5. The second-order valence-electron chi connectivity index (χ2n) is 6.89. The Kier molecular flexibility index (Phi) is 5.97. The van der Waals surface area contributed by atoms with Crippen LogP contribution in [0.5, 0.6) is 11.5 Å². The first-order chi connectivity index (χ1) is 12.4. The van der Waals surface area contributed by atoms with E-state index < -0.39 is 21.0 Å². The van der Waals surface area contributed by atoms with Crippen LogP contribution in [-0.2, 0) is 20.4 Å². The van der Waals surface area contributed by atoms with Crippen molar-refractivity contribution in [1.82, 2.24) is 5.32 Å². The number of benzene rings is 1. The minimum atomic E-state index is -3.67. The maximum atomic E-state index is 12.7. The molecule has 2 aliphatic rings. The van der Waals surface area contributed by atoms with Crippen LogP contribution in [0.4, 0.5) is 0 Å². The van der Waals surface area contributed by atoms with E-state index >= 15 is 0 Å².